The SMILES string of the molecule is CNC(CCCC1CCCO1)C1CSCCS1. The molecule has 0 radical (unpaired) electrons. The van der Waals surface area contributed by atoms with Crippen LogP contribution < -0.4 is 5.32 Å². The molecule has 100 valence electrons. The summed E-state index contributed by atoms with van der Waals surface area (Å²) in [4.78, 5) is 0. The predicted octanol–water partition coefficient (Wildman–Crippen LogP) is 2.77. The van der Waals surface area contributed by atoms with Crippen LogP contribution in [0, 0.1) is 0 Å². The Morgan fingerprint density at radius 3 is 3.00 bits per heavy atom. The van der Waals surface area contributed by atoms with Crippen LogP contribution in [-0.2, 0) is 4.74 Å². The van der Waals surface area contributed by atoms with Crippen LogP contribution in [0.5, 0.6) is 0 Å². The second-order valence-corrected chi connectivity index (χ2v) is 7.44. The zero-order valence-electron chi connectivity index (χ0n) is 10.8. The molecule has 1 N–H and O–H groups in total. The van der Waals surface area contributed by atoms with Gasteiger partial charge < -0.3 is 10.1 Å². The fourth-order valence-corrected chi connectivity index (χ4v) is 5.66. The number of hydrogen-bond acceptors (Lipinski definition) is 4. The summed E-state index contributed by atoms with van der Waals surface area (Å²) in [7, 11) is 2.12. The van der Waals surface area contributed by atoms with Gasteiger partial charge in [-0.3, -0.25) is 0 Å². The number of ether oxygens (including phenoxy) is 1. The van der Waals surface area contributed by atoms with Crippen LogP contribution in [0.1, 0.15) is 32.1 Å². The third-order valence-electron chi connectivity index (χ3n) is 3.73. The monoisotopic (exact) mass is 275 g/mol. The van der Waals surface area contributed by atoms with Crippen molar-refractivity contribution in [3.63, 3.8) is 0 Å². The molecule has 3 unspecified atom stereocenters. The molecule has 3 atom stereocenters. The zero-order chi connectivity index (χ0) is 11.9. The van der Waals surface area contributed by atoms with Crippen molar-refractivity contribution in [2.75, 3.05) is 30.9 Å². The van der Waals surface area contributed by atoms with Gasteiger partial charge in [0, 0.05) is 35.2 Å². The molecule has 0 bridgehead atoms. The van der Waals surface area contributed by atoms with Crippen molar-refractivity contribution in [1.29, 1.82) is 0 Å². The third kappa shape index (κ3) is 4.66. The van der Waals surface area contributed by atoms with E-state index in [-0.39, 0.29) is 0 Å². The molecular weight excluding hydrogens is 250 g/mol. The second-order valence-electron chi connectivity index (χ2n) is 4.95. The van der Waals surface area contributed by atoms with Gasteiger partial charge in [0.1, 0.15) is 0 Å². The lowest BCUT2D eigenvalue weighted by atomic mass is 10.0. The van der Waals surface area contributed by atoms with E-state index in [4.69, 9.17) is 4.74 Å². The average Bonchev–Trinajstić information content (AvgIpc) is 2.89. The van der Waals surface area contributed by atoms with Crippen molar-refractivity contribution in [2.45, 2.75) is 49.5 Å². The number of rotatable bonds is 6. The summed E-state index contributed by atoms with van der Waals surface area (Å²) in [5.41, 5.74) is 0. The highest BCUT2D eigenvalue weighted by Crippen LogP contribution is 2.28. The van der Waals surface area contributed by atoms with Crippen LogP contribution in [0.25, 0.3) is 0 Å². The van der Waals surface area contributed by atoms with Crippen molar-refractivity contribution in [1.82, 2.24) is 5.32 Å². The van der Waals surface area contributed by atoms with E-state index < -0.39 is 0 Å². The number of thioether (sulfide) groups is 2. The Morgan fingerprint density at radius 2 is 2.35 bits per heavy atom. The maximum atomic E-state index is 5.68. The molecule has 2 aliphatic heterocycles. The highest BCUT2D eigenvalue weighted by Gasteiger charge is 2.23. The maximum Gasteiger partial charge on any atom is 0.0576 e. The molecule has 0 aromatic carbocycles. The van der Waals surface area contributed by atoms with Gasteiger partial charge in [-0.25, -0.2) is 0 Å². The lowest BCUT2D eigenvalue weighted by molar-refractivity contribution is 0.101. The van der Waals surface area contributed by atoms with E-state index in [1.165, 1.54) is 49.4 Å². The lowest BCUT2D eigenvalue weighted by Gasteiger charge is -2.29. The summed E-state index contributed by atoms with van der Waals surface area (Å²) in [6.07, 6.45) is 7.03. The van der Waals surface area contributed by atoms with E-state index in [1.807, 2.05) is 0 Å². The summed E-state index contributed by atoms with van der Waals surface area (Å²) < 4.78 is 5.68. The first-order valence-corrected chi connectivity index (χ1v) is 9.08. The quantitative estimate of drug-likeness (QED) is 0.804. The van der Waals surface area contributed by atoms with Gasteiger partial charge >= 0.3 is 0 Å². The molecule has 2 saturated heterocycles. The topological polar surface area (TPSA) is 21.3 Å². The molecule has 2 rings (SSSR count). The van der Waals surface area contributed by atoms with Crippen LogP contribution >= 0.6 is 23.5 Å². The van der Waals surface area contributed by atoms with Gasteiger partial charge in [0.05, 0.1) is 6.10 Å². The van der Waals surface area contributed by atoms with E-state index in [1.54, 1.807) is 0 Å². The molecule has 4 heteroatoms. The molecule has 0 saturated carbocycles. The van der Waals surface area contributed by atoms with Crippen molar-refractivity contribution in [2.24, 2.45) is 0 Å². The largest absolute Gasteiger partial charge is 0.378 e. The van der Waals surface area contributed by atoms with Crippen LogP contribution in [0.2, 0.25) is 0 Å². The first kappa shape index (κ1) is 14.0. The maximum absolute atomic E-state index is 5.68. The van der Waals surface area contributed by atoms with Crippen LogP contribution in [0.4, 0.5) is 0 Å². The molecule has 17 heavy (non-hydrogen) atoms. The third-order valence-corrected chi connectivity index (χ3v) is 6.65. The molecule has 2 heterocycles. The van der Waals surface area contributed by atoms with Gasteiger partial charge in [0.25, 0.3) is 0 Å². The molecule has 0 amide bonds. The Morgan fingerprint density at radius 1 is 1.41 bits per heavy atom. The van der Waals surface area contributed by atoms with Crippen molar-refractivity contribution in [3.05, 3.63) is 0 Å². The molecule has 2 fully saturated rings. The van der Waals surface area contributed by atoms with E-state index in [0.717, 1.165) is 11.9 Å². The van der Waals surface area contributed by atoms with Crippen molar-refractivity contribution in [3.8, 4) is 0 Å². The average molecular weight is 275 g/mol. The Balaban J connectivity index is 1.63. The molecule has 0 aromatic heterocycles. The normalized spacial score (nSPS) is 31.6. The summed E-state index contributed by atoms with van der Waals surface area (Å²) in [5, 5.41) is 4.34. The molecule has 2 nitrogen and oxygen atoms in total. The first-order chi connectivity index (χ1) is 8.40. The van der Waals surface area contributed by atoms with Gasteiger partial charge in [0.2, 0.25) is 0 Å². The summed E-state index contributed by atoms with van der Waals surface area (Å²) in [6.45, 7) is 0.995. The molecular formula is C13H25NOS2. The minimum absolute atomic E-state index is 0.570. The van der Waals surface area contributed by atoms with Gasteiger partial charge in [-0.1, -0.05) is 0 Å². The molecule has 2 aliphatic rings. The molecule has 0 aromatic rings. The summed E-state index contributed by atoms with van der Waals surface area (Å²) in [6, 6.07) is 0.703. The Kier molecular flexibility index (Phi) is 6.54. The van der Waals surface area contributed by atoms with E-state index in [0.29, 0.717) is 12.1 Å². The van der Waals surface area contributed by atoms with E-state index in [9.17, 15) is 0 Å². The Labute approximate surface area is 114 Å². The van der Waals surface area contributed by atoms with Gasteiger partial charge in [0.15, 0.2) is 0 Å². The fourth-order valence-electron chi connectivity index (χ4n) is 2.69. The highest BCUT2D eigenvalue weighted by molar-refractivity contribution is 8.06. The van der Waals surface area contributed by atoms with Gasteiger partial charge in [-0.2, -0.15) is 23.5 Å². The minimum Gasteiger partial charge on any atom is -0.378 e. The van der Waals surface area contributed by atoms with E-state index >= 15 is 0 Å². The number of nitrogens with one attached hydrogen (secondary N) is 1. The minimum atomic E-state index is 0.570. The highest BCUT2D eigenvalue weighted by atomic mass is 32.2. The smallest absolute Gasteiger partial charge is 0.0576 e. The van der Waals surface area contributed by atoms with E-state index in [2.05, 4.69) is 35.9 Å². The van der Waals surface area contributed by atoms with Crippen LogP contribution in [-0.4, -0.2) is 48.3 Å². The van der Waals surface area contributed by atoms with Crippen LogP contribution in [0.3, 0.4) is 0 Å². The molecule has 0 aliphatic carbocycles. The van der Waals surface area contributed by atoms with Gasteiger partial charge in [-0.05, 0) is 39.2 Å². The van der Waals surface area contributed by atoms with Crippen LogP contribution in [0.15, 0.2) is 0 Å². The number of hydrogen-bond donors (Lipinski definition) is 1. The summed E-state index contributed by atoms with van der Waals surface area (Å²) >= 11 is 4.28. The Bertz CT molecular complexity index is 204. The zero-order valence-corrected chi connectivity index (χ0v) is 12.5. The van der Waals surface area contributed by atoms with Gasteiger partial charge in [-0.15, -0.1) is 0 Å². The van der Waals surface area contributed by atoms with Crippen molar-refractivity contribution < 1.29 is 4.74 Å². The second kappa shape index (κ2) is 7.93. The fraction of sp³-hybridized carbons (Fsp3) is 1.00. The Hall–Kier alpha value is 0.620. The first-order valence-electron chi connectivity index (χ1n) is 6.88. The molecule has 0 spiro atoms. The predicted molar refractivity (Wildman–Crippen MR) is 79.2 cm³/mol. The lowest BCUT2D eigenvalue weighted by Crippen LogP contribution is -2.39. The van der Waals surface area contributed by atoms with Crippen molar-refractivity contribution >= 4 is 23.5 Å². The summed E-state index contributed by atoms with van der Waals surface area (Å²) in [5.74, 6) is 4.00. The standard InChI is InChI=1S/C13H25NOS2/c1-14-12(13-10-16-8-9-17-13)6-2-4-11-5-3-7-15-11/h11-14H,2-10H2,1H3.